The van der Waals surface area contributed by atoms with Gasteiger partial charge in [0.1, 0.15) is 17.1 Å². The fraction of sp³-hybridized carbons (Fsp3) is 0.263. The number of benzene rings is 2. The third-order valence-electron chi connectivity index (χ3n) is 3.56. The number of amides is 1. The summed E-state index contributed by atoms with van der Waals surface area (Å²) in [7, 11) is 2.91. The highest BCUT2D eigenvalue weighted by Crippen LogP contribution is 2.19. The molecule has 2 rings (SSSR count). The lowest BCUT2D eigenvalue weighted by Gasteiger charge is -2.11. The maximum absolute atomic E-state index is 11.9. The van der Waals surface area contributed by atoms with E-state index < -0.39 is 5.97 Å². The second-order valence-electron chi connectivity index (χ2n) is 5.19. The molecule has 2 aromatic rings. The fourth-order valence-corrected chi connectivity index (χ4v) is 2.31. The number of nitrogens with one attached hydrogen (secondary N) is 1. The molecule has 0 atom stereocenters. The normalized spacial score (nSPS) is 10.0. The first-order valence-corrected chi connectivity index (χ1v) is 7.84. The first-order valence-electron chi connectivity index (χ1n) is 7.84. The van der Waals surface area contributed by atoms with Crippen LogP contribution < -0.4 is 14.8 Å². The van der Waals surface area contributed by atoms with Crippen LogP contribution in [0.5, 0.6) is 11.5 Å². The Balaban J connectivity index is 1.83. The molecule has 0 aliphatic rings. The molecular formula is C19H21NO5. The van der Waals surface area contributed by atoms with E-state index in [1.165, 1.54) is 7.11 Å². The highest BCUT2D eigenvalue weighted by atomic mass is 16.5. The lowest BCUT2D eigenvalue weighted by molar-refractivity contribution is -0.123. The zero-order valence-corrected chi connectivity index (χ0v) is 14.3. The van der Waals surface area contributed by atoms with Crippen molar-refractivity contribution in [3.63, 3.8) is 0 Å². The van der Waals surface area contributed by atoms with Gasteiger partial charge in [-0.2, -0.15) is 0 Å². The van der Waals surface area contributed by atoms with E-state index in [9.17, 15) is 9.59 Å². The van der Waals surface area contributed by atoms with Gasteiger partial charge >= 0.3 is 5.97 Å². The zero-order chi connectivity index (χ0) is 18.1. The van der Waals surface area contributed by atoms with E-state index in [2.05, 4.69) is 10.1 Å². The fourth-order valence-electron chi connectivity index (χ4n) is 2.31. The van der Waals surface area contributed by atoms with E-state index in [-0.39, 0.29) is 18.1 Å². The Labute approximate surface area is 146 Å². The maximum Gasteiger partial charge on any atom is 0.341 e. The largest absolute Gasteiger partial charge is 0.496 e. The van der Waals surface area contributed by atoms with Gasteiger partial charge in [0.2, 0.25) is 0 Å². The summed E-state index contributed by atoms with van der Waals surface area (Å²) in [5.41, 5.74) is 1.30. The molecule has 132 valence electrons. The molecule has 0 heterocycles. The number of esters is 1. The second-order valence-corrected chi connectivity index (χ2v) is 5.19. The average molecular weight is 343 g/mol. The van der Waals surface area contributed by atoms with E-state index in [0.29, 0.717) is 18.7 Å². The Morgan fingerprint density at radius 1 is 0.960 bits per heavy atom. The molecule has 0 unspecified atom stereocenters. The molecule has 0 bridgehead atoms. The molecule has 6 heteroatoms. The van der Waals surface area contributed by atoms with E-state index in [0.717, 1.165) is 11.3 Å². The van der Waals surface area contributed by atoms with Crippen LogP contribution >= 0.6 is 0 Å². The van der Waals surface area contributed by atoms with Gasteiger partial charge in [-0.15, -0.1) is 0 Å². The van der Waals surface area contributed by atoms with Crippen molar-refractivity contribution in [2.75, 3.05) is 27.4 Å². The molecule has 25 heavy (non-hydrogen) atoms. The Morgan fingerprint density at radius 2 is 1.64 bits per heavy atom. The zero-order valence-electron chi connectivity index (χ0n) is 14.3. The van der Waals surface area contributed by atoms with Crippen molar-refractivity contribution in [2.24, 2.45) is 0 Å². The topological polar surface area (TPSA) is 73.9 Å². The van der Waals surface area contributed by atoms with Crippen LogP contribution in [0.15, 0.2) is 48.5 Å². The van der Waals surface area contributed by atoms with Crippen molar-refractivity contribution >= 4 is 11.9 Å². The monoisotopic (exact) mass is 343 g/mol. The summed E-state index contributed by atoms with van der Waals surface area (Å²) in [5, 5.41) is 2.78. The van der Waals surface area contributed by atoms with Crippen molar-refractivity contribution in [3.8, 4) is 11.5 Å². The summed E-state index contributed by atoms with van der Waals surface area (Å²) in [4.78, 5) is 23.6. The molecule has 6 nitrogen and oxygen atoms in total. The third kappa shape index (κ3) is 5.24. The molecule has 0 radical (unpaired) electrons. The van der Waals surface area contributed by atoms with Crippen molar-refractivity contribution in [3.05, 3.63) is 59.7 Å². The molecule has 2 aromatic carbocycles. The molecule has 0 spiro atoms. The van der Waals surface area contributed by atoms with Gasteiger partial charge in [-0.1, -0.05) is 30.3 Å². The van der Waals surface area contributed by atoms with E-state index in [1.807, 2.05) is 24.3 Å². The molecule has 0 saturated carbocycles. The summed E-state index contributed by atoms with van der Waals surface area (Å²) in [6.07, 6.45) is 0.647. The minimum absolute atomic E-state index is 0.181. The number of ether oxygens (including phenoxy) is 3. The summed E-state index contributed by atoms with van der Waals surface area (Å²) >= 11 is 0. The summed E-state index contributed by atoms with van der Waals surface area (Å²) in [5.74, 6) is 0.330. The molecule has 0 saturated heterocycles. The average Bonchev–Trinajstić information content (AvgIpc) is 2.66. The summed E-state index contributed by atoms with van der Waals surface area (Å²) < 4.78 is 15.4. The standard InChI is InChI=1S/C19H21NO5/c1-23-16-9-5-3-7-14(16)11-12-20-18(21)13-25-17-10-6-4-8-15(17)19(22)24-2/h3-10H,11-13H2,1-2H3,(H,20,21). The molecule has 1 amide bonds. The predicted molar refractivity (Wildman–Crippen MR) is 93.0 cm³/mol. The minimum Gasteiger partial charge on any atom is -0.496 e. The molecule has 0 fully saturated rings. The van der Waals surface area contributed by atoms with Crippen LogP contribution in [-0.4, -0.2) is 39.2 Å². The SMILES string of the molecule is COC(=O)c1ccccc1OCC(=O)NCCc1ccccc1OC. The van der Waals surface area contributed by atoms with Crippen LogP contribution in [0.1, 0.15) is 15.9 Å². The predicted octanol–water partition coefficient (Wildman–Crippen LogP) is 2.22. The Hall–Kier alpha value is -3.02. The van der Waals surface area contributed by atoms with Gasteiger partial charge in [-0.05, 0) is 30.2 Å². The highest BCUT2D eigenvalue weighted by molar-refractivity contribution is 5.92. The Bertz CT molecular complexity index is 729. The number of rotatable bonds is 8. The number of carbonyl (C=O) groups excluding carboxylic acids is 2. The molecule has 0 aliphatic carbocycles. The van der Waals surface area contributed by atoms with Gasteiger partial charge in [0.25, 0.3) is 5.91 Å². The van der Waals surface area contributed by atoms with E-state index >= 15 is 0 Å². The van der Waals surface area contributed by atoms with Crippen LogP contribution in [0, 0.1) is 0 Å². The maximum atomic E-state index is 11.9. The van der Waals surface area contributed by atoms with Crippen molar-refractivity contribution in [1.82, 2.24) is 5.32 Å². The lowest BCUT2D eigenvalue weighted by Crippen LogP contribution is -2.30. The van der Waals surface area contributed by atoms with Crippen molar-refractivity contribution < 1.29 is 23.8 Å². The second kappa shape index (κ2) is 9.32. The van der Waals surface area contributed by atoms with Crippen LogP contribution in [0.25, 0.3) is 0 Å². The van der Waals surface area contributed by atoms with Crippen molar-refractivity contribution in [1.29, 1.82) is 0 Å². The van der Waals surface area contributed by atoms with Crippen LogP contribution in [0.4, 0.5) is 0 Å². The van der Waals surface area contributed by atoms with Gasteiger partial charge in [-0.25, -0.2) is 4.79 Å². The molecular weight excluding hydrogens is 322 g/mol. The van der Waals surface area contributed by atoms with Gasteiger partial charge in [0, 0.05) is 6.54 Å². The Kier molecular flexibility index (Phi) is 6.83. The van der Waals surface area contributed by atoms with Gasteiger partial charge in [0.15, 0.2) is 6.61 Å². The lowest BCUT2D eigenvalue weighted by atomic mass is 10.1. The van der Waals surface area contributed by atoms with Crippen LogP contribution in [0.2, 0.25) is 0 Å². The summed E-state index contributed by atoms with van der Waals surface area (Å²) in [6, 6.07) is 14.3. The first-order chi connectivity index (χ1) is 12.2. The number of carbonyl (C=O) groups is 2. The van der Waals surface area contributed by atoms with Crippen molar-refractivity contribution in [2.45, 2.75) is 6.42 Å². The minimum atomic E-state index is -0.507. The number of hydrogen-bond acceptors (Lipinski definition) is 5. The molecule has 1 N–H and O–H groups in total. The van der Waals surface area contributed by atoms with E-state index in [1.54, 1.807) is 31.4 Å². The molecule has 0 aromatic heterocycles. The number of hydrogen-bond donors (Lipinski definition) is 1. The van der Waals surface area contributed by atoms with Crippen LogP contribution in [-0.2, 0) is 16.0 Å². The third-order valence-corrected chi connectivity index (χ3v) is 3.56. The van der Waals surface area contributed by atoms with E-state index in [4.69, 9.17) is 9.47 Å². The quantitative estimate of drug-likeness (QED) is 0.744. The summed E-state index contributed by atoms with van der Waals surface area (Å²) in [6.45, 7) is 0.279. The smallest absolute Gasteiger partial charge is 0.341 e. The highest BCUT2D eigenvalue weighted by Gasteiger charge is 2.13. The Morgan fingerprint density at radius 3 is 2.36 bits per heavy atom. The van der Waals surface area contributed by atoms with Gasteiger partial charge < -0.3 is 19.5 Å². The van der Waals surface area contributed by atoms with Gasteiger partial charge in [0.05, 0.1) is 14.2 Å². The molecule has 0 aliphatic heterocycles. The first kappa shape index (κ1) is 18.3. The van der Waals surface area contributed by atoms with Gasteiger partial charge in [-0.3, -0.25) is 4.79 Å². The van der Waals surface area contributed by atoms with Crippen LogP contribution in [0.3, 0.4) is 0 Å². The number of methoxy groups -OCH3 is 2. The number of para-hydroxylation sites is 2.